The van der Waals surface area contributed by atoms with Crippen LogP contribution in [-0.4, -0.2) is 69.3 Å². The van der Waals surface area contributed by atoms with E-state index < -0.39 is 23.6 Å². The van der Waals surface area contributed by atoms with Crippen LogP contribution in [0.2, 0.25) is 0 Å². The topological polar surface area (TPSA) is 112 Å². The molecule has 66 heavy (non-hydrogen) atoms. The molecule has 0 atom stereocenters. The highest BCUT2D eigenvalue weighted by Gasteiger charge is 2.40. The Balaban J connectivity index is 0.949. The normalized spacial score (nSPS) is 14.9. The summed E-state index contributed by atoms with van der Waals surface area (Å²) in [7, 11) is 0. The van der Waals surface area contributed by atoms with Crippen molar-refractivity contribution < 1.29 is 28.8 Å². The van der Waals surface area contributed by atoms with Crippen molar-refractivity contribution in [3.8, 4) is 0 Å². The molecule has 9 nitrogen and oxygen atoms in total. The molecule has 0 bridgehead atoms. The first kappa shape index (κ1) is 43.4. The summed E-state index contributed by atoms with van der Waals surface area (Å²) in [5.74, 6) is -2.36. The molecular formula is C57H57N3O6. The summed E-state index contributed by atoms with van der Waals surface area (Å²) in [5.41, 5.74) is 2.62. The fourth-order valence-corrected chi connectivity index (χ4v) is 11.4. The lowest BCUT2D eigenvalue weighted by Crippen LogP contribution is -2.48. The average molecular weight is 880 g/mol. The molecule has 0 spiro atoms. The lowest BCUT2D eigenvalue weighted by molar-refractivity contribution is 0.0514. The highest BCUT2D eigenvalue weighted by atomic mass is 16.2. The lowest BCUT2D eigenvalue weighted by Gasteiger charge is -2.35. The third kappa shape index (κ3) is 7.13. The molecule has 3 heterocycles. The minimum absolute atomic E-state index is 0.150. The predicted octanol–water partition coefficient (Wildman–Crippen LogP) is 13.0. The van der Waals surface area contributed by atoms with Gasteiger partial charge in [-0.1, -0.05) is 152 Å². The molecule has 3 aliphatic heterocycles. The van der Waals surface area contributed by atoms with Gasteiger partial charge in [0.25, 0.3) is 35.4 Å². The molecule has 9 heteroatoms. The van der Waals surface area contributed by atoms with Crippen molar-refractivity contribution in [2.24, 2.45) is 0 Å². The highest BCUT2D eigenvalue weighted by Crippen LogP contribution is 2.47. The van der Waals surface area contributed by atoms with Crippen LogP contribution in [0.4, 0.5) is 0 Å². The number of unbranched alkanes of at least 4 members (excludes halogenated alkanes) is 12. The Bertz CT molecular complexity index is 2940. The van der Waals surface area contributed by atoms with Gasteiger partial charge in [0.05, 0.1) is 0 Å². The van der Waals surface area contributed by atoms with Crippen molar-refractivity contribution in [1.82, 2.24) is 14.7 Å². The molecular weight excluding hydrogens is 823 g/mol. The maximum absolute atomic E-state index is 14.7. The number of hydrogen-bond donors (Lipinski definition) is 0. The zero-order valence-corrected chi connectivity index (χ0v) is 38.2. The van der Waals surface area contributed by atoms with E-state index in [1.165, 1.54) is 64.2 Å². The molecule has 336 valence electrons. The van der Waals surface area contributed by atoms with E-state index in [1.54, 1.807) is 41.3 Å². The van der Waals surface area contributed by atoms with Gasteiger partial charge < -0.3 is 0 Å². The third-order valence-electron chi connectivity index (χ3n) is 14.8. The van der Waals surface area contributed by atoms with Gasteiger partial charge in [-0.15, -0.1) is 0 Å². The van der Waals surface area contributed by atoms with Gasteiger partial charge in [-0.3, -0.25) is 43.5 Å². The number of imide groups is 3. The van der Waals surface area contributed by atoms with Gasteiger partial charge in [-0.2, -0.15) is 0 Å². The van der Waals surface area contributed by atoms with Gasteiger partial charge in [0, 0.05) is 68.7 Å². The van der Waals surface area contributed by atoms with Crippen LogP contribution in [0.5, 0.6) is 0 Å². The molecule has 0 aromatic heterocycles. The maximum atomic E-state index is 14.7. The van der Waals surface area contributed by atoms with E-state index in [1.807, 2.05) is 48.5 Å². The molecule has 0 saturated carbocycles. The second-order valence-corrected chi connectivity index (χ2v) is 18.8. The van der Waals surface area contributed by atoms with E-state index in [4.69, 9.17) is 0 Å². The van der Waals surface area contributed by atoms with Gasteiger partial charge in [0.15, 0.2) is 0 Å². The summed E-state index contributed by atoms with van der Waals surface area (Å²) >= 11 is 0. The monoisotopic (exact) mass is 879 g/mol. The first-order chi connectivity index (χ1) is 32.2. The molecule has 6 amide bonds. The van der Waals surface area contributed by atoms with Crippen molar-refractivity contribution in [2.45, 2.75) is 123 Å². The number of fused-ring (bicyclic) bond motifs is 2. The zero-order chi connectivity index (χ0) is 45.6. The van der Waals surface area contributed by atoms with E-state index in [0.717, 1.165) is 86.0 Å². The minimum Gasteiger partial charge on any atom is -0.273 e. The standard InChI is InChI=1S/C57H57N3O6/c1-3-5-7-9-11-13-15-21-36(22-16-14-12-10-8-6-4-2)60-56(65)45-31-27-39-37-25-29-43-50-44(30-26-38(48(37)50)40-28-32-46(57(60)66)51(45)49(39)40)55(64)59(54(43)63)34-33-58-52(61)41-23-17-19-35-20-18-24-42(47(35)41)53(58)62/h17-20,23-32,36H,3-16,21-22,33-34H2,1-2H3. The van der Waals surface area contributed by atoms with Gasteiger partial charge in [0.1, 0.15) is 0 Å². The predicted molar refractivity (Wildman–Crippen MR) is 262 cm³/mol. The summed E-state index contributed by atoms with van der Waals surface area (Å²) in [6.07, 6.45) is 18.1. The van der Waals surface area contributed by atoms with Crippen molar-refractivity contribution in [3.05, 3.63) is 118 Å². The summed E-state index contributed by atoms with van der Waals surface area (Å²) in [4.78, 5) is 89.5. The fraction of sp³-hybridized carbons (Fsp3) is 0.368. The molecule has 0 saturated heterocycles. The van der Waals surface area contributed by atoms with Gasteiger partial charge >= 0.3 is 0 Å². The third-order valence-corrected chi connectivity index (χ3v) is 14.8. The van der Waals surface area contributed by atoms with E-state index in [0.29, 0.717) is 49.5 Å². The van der Waals surface area contributed by atoms with Crippen LogP contribution in [0.1, 0.15) is 179 Å². The van der Waals surface area contributed by atoms with Crippen LogP contribution in [0.3, 0.4) is 0 Å². The number of nitrogens with zero attached hydrogens (tertiary/aromatic N) is 3. The number of amides is 6. The van der Waals surface area contributed by atoms with Gasteiger partial charge in [-0.05, 0) is 86.9 Å². The van der Waals surface area contributed by atoms with Crippen LogP contribution >= 0.6 is 0 Å². The molecule has 7 aromatic carbocycles. The molecule has 0 N–H and O–H groups in total. The van der Waals surface area contributed by atoms with E-state index >= 15 is 0 Å². The molecule has 0 unspecified atom stereocenters. The first-order valence-electron chi connectivity index (χ1n) is 24.6. The Labute approximate surface area is 385 Å². The largest absolute Gasteiger partial charge is 0.273 e. The molecule has 0 fully saturated rings. The Hall–Kier alpha value is -6.48. The van der Waals surface area contributed by atoms with E-state index in [-0.39, 0.29) is 30.9 Å². The Morgan fingerprint density at radius 3 is 1.06 bits per heavy atom. The minimum atomic E-state index is -0.495. The Morgan fingerprint density at radius 2 is 0.682 bits per heavy atom. The van der Waals surface area contributed by atoms with Crippen molar-refractivity contribution in [3.63, 3.8) is 0 Å². The Kier molecular flexibility index (Phi) is 11.9. The smallest absolute Gasteiger partial charge is 0.261 e. The SMILES string of the molecule is CCCCCCCCCC(CCCCCCCCC)N1C(=O)c2ccc3c4ccc5c6c(ccc(c7ccc(c2c37)C1=O)c64)C(=O)N(CCN1C(=O)c2cccc3cccc(c23)C1=O)C5=O. The number of hydrogen-bond acceptors (Lipinski definition) is 6. The summed E-state index contributed by atoms with van der Waals surface area (Å²) in [6.45, 7) is 4.15. The van der Waals surface area contributed by atoms with E-state index in [9.17, 15) is 28.8 Å². The number of benzene rings is 7. The first-order valence-corrected chi connectivity index (χ1v) is 24.6. The molecule has 3 aliphatic rings. The average Bonchev–Trinajstić information content (AvgIpc) is 3.33. The van der Waals surface area contributed by atoms with Crippen LogP contribution in [0, 0.1) is 0 Å². The van der Waals surface area contributed by atoms with Crippen molar-refractivity contribution in [2.75, 3.05) is 13.1 Å². The molecule has 7 aromatic rings. The van der Waals surface area contributed by atoms with Gasteiger partial charge in [-0.25, -0.2) is 0 Å². The molecule has 10 rings (SSSR count). The second-order valence-electron chi connectivity index (χ2n) is 18.8. The number of carbonyl (C=O) groups is 6. The van der Waals surface area contributed by atoms with Crippen LogP contribution < -0.4 is 0 Å². The maximum Gasteiger partial charge on any atom is 0.261 e. The number of rotatable bonds is 20. The van der Waals surface area contributed by atoms with Crippen LogP contribution in [0.15, 0.2) is 84.9 Å². The molecule has 0 radical (unpaired) electrons. The molecule has 0 aliphatic carbocycles. The van der Waals surface area contributed by atoms with Crippen LogP contribution in [-0.2, 0) is 0 Å². The van der Waals surface area contributed by atoms with Gasteiger partial charge in [0.2, 0.25) is 0 Å². The summed E-state index contributed by atoms with van der Waals surface area (Å²) in [6, 6.07) is 25.5. The zero-order valence-electron chi connectivity index (χ0n) is 38.2. The Morgan fingerprint density at radius 1 is 0.348 bits per heavy atom. The lowest BCUT2D eigenvalue weighted by atomic mass is 9.82. The van der Waals surface area contributed by atoms with E-state index in [2.05, 4.69) is 13.8 Å². The fourth-order valence-electron chi connectivity index (χ4n) is 11.4. The van der Waals surface area contributed by atoms with Crippen LogP contribution in [0.25, 0.3) is 53.9 Å². The van der Waals surface area contributed by atoms with Crippen molar-refractivity contribution >= 4 is 89.3 Å². The highest BCUT2D eigenvalue weighted by molar-refractivity contribution is 6.41. The number of carbonyl (C=O) groups excluding carboxylic acids is 6. The van der Waals surface area contributed by atoms with Crippen molar-refractivity contribution in [1.29, 1.82) is 0 Å². The second kappa shape index (κ2) is 18.1. The summed E-state index contributed by atoms with van der Waals surface area (Å²) < 4.78 is 0. The summed E-state index contributed by atoms with van der Waals surface area (Å²) in [5, 5.41) is 7.58. The quantitative estimate of drug-likeness (QED) is 0.0326.